The Morgan fingerprint density at radius 1 is 1.12 bits per heavy atom. The molecule has 0 aliphatic carbocycles. The highest BCUT2D eigenvalue weighted by Crippen LogP contribution is 2.31. The molecule has 2 atom stereocenters. The van der Waals surface area contributed by atoms with Gasteiger partial charge in [-0.1, -0.05) is 30.3 Å². The molecule has 0 radical (unpaired) electrons. The molecular formula is C18H20O6. The fraction of sp³-hybridized carbons (Fsp3) is 0.278. The summed E-state index contributed by atoms with van der Waals surface area (Å²) in [6, 6.07) is 13.8. The Kier molecular flexibility index (Phi) is 6.17. The molecule has 2 unspecified atom stereocenters. The van der Waals surface area contributed by atoms with Gasteiger partial charge in [-0.2, -0.15) is 0 Å². The predicted molar refractivity (Wildman–Crippen MR) is 86.5 cm³/mol. The zero-order valence-electron chi connectivity index (χ0n) is 13.3. The van der Waals surface area contributed by atoms with Gasteiger partial charge in [0.1, 0.15) is 24.2 Å². The fourth-order valence-electron chi connectivity index (χ4n) is 2.13. The third-order valence-electron chi connectivity index (χ3n) is 3.40. The first-order chi connectivity index (χ1) is 11.5. The molecule has 0 aromatic heterocycles. The Hall–Kier alpha value is -2.57. The van der Waals surface area contributed by atoms with Crippen molar-refractivity contribution in [1.29, 1.82) is 0 Å². The third-order valence-corrected chi connectivity index (χ3v) is 3.40. The monoisotopic (exact) mass is 332 g/mol. The highest BCUT2D eigenvalue weighted by Gasteiger charge is 2.28. The van der Waals surface area contributed by atoms with E-state index < -0.39 is 18.2 Å². The first-order valence-electron chi connectivity index (χ1n) is 7.55. The van der Waals surface area contributed by atoms with E-state index in [1.165, 1.54) is 12.1 Å². The molecule has 3 N–H and O–H groups in total. The van der Waals surface area contributed by atoms with Gasteiger partial charge >= 0.3 is 5.97 Å². The number of aliphatic hydroxyl groups is 2. The van der Waals surface area contributed by atoms with Crippen molar-refractivity contribution in [1.82, 2.24) is 0 Å². The number of hydrogen-bond acceptors (Lipinski definition) is 6. The summed E-state index contributed by atoms with van der Waals surface area (Å²) in [5, 5.41) is 29.8. The summed E-state index contributed by atoms with van der Waals surface area (Å²) in [7, 11) is 0. The Bertz CT molecular complexity index is 670. The molecule has 0 aliphatic heterocycles. The lowest BCUT2D eigenvalue weighted by molar-refractivity contribution is -0.159. The van der Waals surface area contributed by atoms with Crippen molar-refractivity contribution in [2.45, 2.75) is 25.7 Å². The summed E-state index contributed by atoms with van der Waals surface area (Å²) < 4.78 is 10.2. The molecule has 0 spiro atoms. The first kappa shape index (κ1) is 17.8. The molecule has 0 bridgehead atoms. The van der Waals surface area contributed by atoms with E-state index >= 15 is 0 Å². The van der Waals surface area contributed by atoms with E-state index in [0.717, 1.165) is 5.56 Å². The Morgan fingerprint density at radius 2 is 1.83 bits per heavy atom. The minimum atomic E-state index is -1.77. The SMILES string of the molecule is CCOC(=O)C(O)C(O)c1ccc(OCc2ccccc2)cc1O. The molecule has 0 saturated carbocycles. The maximum atomic E-state index is 11.5. The minimum Gasteiger partial charge on any atom is -0.507 e. The molecule has 0 amide bonds. The number of benzene rings is 2. The third kappa shape index (κ3) is 4.47. The summed E-state index contributed by atoms with van der Waals surface area (Å²) in [5.41, 5.74) is 0.987. The molecule has 2 aromatic rings. The molecule has 0 saturated heterocycles. The molecule has 6 heteroatoms. The second kappa shape index (κ2) is 8.33. The fourth-order valence-corrected chi connectivity index (χ4v) is 2.13. The summed E-state index contributed by atoms with van der Waals surface area (Å²) >= 11 is 0. The molecule has 0 fully saturated rings. The van der Waals surface area contributed by atoms with Crippen molar-refractivity contribution in [2.75, 3.05) is 6.61 Å². The second-order valence-corrected chi connectivity index (χ2v) is 5.14. The number of rotatable bonds is 7. The van der Waals surface area contributed by atoms with Crippen LogP contribution in [0.3, 0.4) is 0 Å². The number of aromatic hydroxyl groups is 1. The Balaban J connectivity index is 2.04. The number of carbonyl (C=O) groups excluding carboxylic acids is 1. The second-order valence-electron chi connectivity index (χ2n) is 5.14. The first-order valence-corrected chi connectivity index (χ1v) is 7.55. The van der Waals surface area contributed by atoms with Crippen LogP contribution in [0.4, 0.5) is 0 Å². The van der Waals surface area contributed by atoms with Crippen LogP contribution >= 0.6 is 0 Å². The van der Waals surface area contributed by atoms with Gasteiger partial charge in [0.25, 0.3) is 0 Å². The summed E-state index contributed by atoms with van der Waals surface area (Å²) in [5.74, 6) is -0.830. The van der Waals surface area contributed by atoms with Gasteiger partial charge in [0.2, 0.25) is 0 Å². The lowest BCUT2D eigenvalue weighted by Crippen LogP contribution is -2.29. The van der Waals surface area contributed by atoms with Gasteiger partial charge < -0.3 is 24.8 Å². The van der Waals surface area contributed by atoms with Crippen LogP contribution in [0.2, 0.25) is 0 Å². The number of esters is 1. The minimum absolute atomic E-state index is 0.0163. The van der Waals surface area contributed by atoms with Crippen LogP contribution in [-0.2, 0) is 16.1 Å². The molecule has 2 rings (SSSR count). The largest absolute Gasteiger partial charge is 0.507 e. The quantitative estimate of drug-likeness (QED) is 0.671. The van der Waals surface area contributed by atoms with E-state index in [1.807, 2.05) is 30.3 Å². The molecule has 0 aliphatic rings. The molecular weight excluding hydrogens is 312 g/mol. The van der Waals surface area contributed by atoms with Crippen molar-refractivity contribution in [3.63, 3.8) is 0 Å². The van der Waals surface area contributed by atoms with Gasteiger partial charge in [-0.05, 0) is 24.6 Å². The van der Waals surface area contributed by atoms with Crippen LogP contribution in [0.25, 0.3) is 0 Å². The van der Waals surface area contributed by atoms with Crippen molar-refractivity contribution in [3.05, 3.63) is 59.7 Å². The van der Waals surface area contributed by atoms with Crippen LogP contribution in [0.1, 0.15) is 24.2 Å². The highest BCUT2D eigenvalue weighted by atomic mass is 16.5. The number of phenols is 1. The maximum absolute atomic E-state index is 11.5. The van der Waals surface area contributed by atoms with Gasteiger partial charge in [0, 0.05) is 11.6 Å². The molecule has 128 valence electrons. The maximum Gasteiger partial charge on any atom is 0.338 e. The number of phenolic OH excluding ortho intramolecular Hbond substituents is 1. The highest BCUT2D eigenvalue weighted by molar-refractivity contribution is 5.75. The van der Waals surface area contributed by atoms with E-state index in [4.69, 9.17) is 4.74 Å². The summed E-state index contributed by atoms with van der Waals surface area (Å²) in [6.07, 6.45) is -3.36. The number of hydrogen-bond donors (Lipinski definition) is 3. The molecule has 6 nitrogen and oxygen atoms in total. The van der Waals surface area contributed by atoms with Crippen molar-refractivity contribution >= 4 is 5.97 Å². The predicted octanol–water partition coefficient (Wildman–Crippen LogP) is 1.93. The number of ether oxygens (including phenoxy) is 2. The van der Waals surface area contributed by atoms with Crippen LogP contribution < -0.4 is 4.74 Å². The zero-order chi connectivity index (χ0) is 17.5. The average Bonchev–Trinajstić information content (AvgIpc) is 2.60. The standard InChI is InChI=1S/C18H20O6/c1-2-23-18(22)17(21)16(20)14-9-8-13(10-15(14)19)24-11-12-6-4-3-5-7-12/h3-10,16-17,19-21H,2,11H2,1H3. The van der Waals surface area contributed by atoms with Gasteiger partial charge in [-0.15, -0.1) is 0 Å². The number of aliphatic hydroxyl groups excluding tert-OH is 2. The lowest BCUT2D eigenvalue weighted by Gasteiger charge is -2.18. The topological polar surface area (TPSA) is 96.2 Å². The van der Waals surface area contributed by atoms with Crippen molar-refractivity contribution < 1.29 is 29.6 Å². The van der Waals surface area contributed by atoms with Crippen molar-refractivity contribution in [2.24, 2.45) is 0 Å². The van der Waals surface area contributed by atoms with Gasteiger partial charge in [-0.3, -0.25) is 0 Å². The Labute approximate surface area is 139 Å². The van der Waals surface area contributed by atoms with E-state index in [9.17, 15) is 20.1 Å². The molecule has 24 heavy (non-hydrogen) atoms. The van der Waals surface area contributed by atoms with E-state index in [2.05, 4.69) is 4.74 Å². The van der Waals surface area contributed by atoms with Crippen LogP contribution in [0.15, 0.2) is 48.5 Å². The van der Waals surface area contributed by atoms with E-state index in [1.54, 1.807) is 13.0 Å². The van der Waals surface area contributed by atoms with E-state index in [0.29, 0.717) is 12.4 Å². The van der Waals surface area contributed by atoms with Gasteiger partial charge in [-0.25, -0.2) is 4.79 Å². The Morgan fingerprint density at radius 3 is 2.46 bits per heavy atom. The summed E-state index contributed by atoms with van der Waals surface area (Å²) in [6.45, 7) is 2.00. The molecule has 0 heterocycles. The average molecular weight is 332 g/mol. The number of carbonyl (C=O) groups is 1. The lowest BCUT2D eigenvalue weighted by atomic mass is 10.0. The zero-order valence-corrected chi connectivity index (χ0v) is 13.3. The van der Waals surface area contributed by atoms with Crippen molar-refractivity contribution in [3.8, 4) is 11.5 Å². The van der Waals surface area contributed by atoms with E-state index in [-0.39, 0.29) is 17.9 Å². The normalized spacial score (nSPS) is 13.1. The smallest absolute Gasteiger partial charge is 0.338 e. The molecule has 2 aromatic carbocycles. The summed E-state index contributed by atoms with van der Waals surface area (Å²) in [4.78, 5) is 11.5. The van der Waals surface area contributed by atoms with Crippen LogP contribution in [0, 0.1) is 0 Å². The van der Waals surface area contributed by atoms with Gasteiger partial charge in [0.05, 0.1) is 6.61 Å². The van der Waals surface area contributed by atoms with Gasteiger partial charge in [0.15, 0.2) is 6.10 Å². The van der Waals surface area contributed by atoms with Crippen LogP contribution in [0.5, 0.6) is 11.5 Å². The van der Waals surface area contributed by atoms with Crippen LogP contribution in [-0.4, -0.2) is 34.0 Å².